The average Bonchev–Trinajstić information content (AvgIpc) is 2.42. The molecule has 2 nitrogen and oxygen atoms in total. The maximum atomic E-state index is 13.4. The molecule has 2 aromatic carbocycles. The monoisotopic (exact) mass is 335 g/mol. The Morgan fingerprint density at radius 3 is 2.35 bits per heavy atom. The molecule has 0 bridgehead atoms. The minimum atomic E-state index is -0.451. The van der Waals surface area contributed by atoms with Crippen LogP contribution in [0.1, 0.15) is 35.7 Å². The number of carbonyl (C=O) groups is 1. The highest BCUT2D eigenvalue weighted by atomic mass is 79.9. The van der Waals surface area contributed by atoms with E-state index in [0.29, 0.717) is 21.6 Å². The number of hydrogen-bond acceptors (Lipinski definition) is 1. The Hall–Kier alpha value is -1.68. The van der Waals surface area contributed by atoms with Crippen LogP contribution >= 0.6 is 15.9 Å². The molecule has 20 heavy (non-hydrogen) atoms. The molecule has 0 atom stereocenters. The van der Waals surface area contributed by atoms with Crippen molar-refractivity contribution in [2.45, 2.75) is 19.8 Å². The molecule has 1 amide bonds. The molecule has 2 aromatic rings. The summed E-state index contributed by atoms with van der Waals surface area (Å²) in [6.45, 7) is 4.22. The standard InChI is InChI=1S/C16H15BrFNO/c1-10(2)11-3-6-13(7-4-11)19-16(20)12-5-8-14(17)15(18)9-12/h3-10H,1-2H3,(H,19,20). The van der Waals surface area contributed by atoms with Crippen molar-refractivity contribution >= 4 is 27.5 Å². The molecule has 1 N–H and O–H groups in total. The van der Waals surface area contributed by atoms with Crippen LogP contribution in [-0.4, -0.2) is 5.91 Å². The zero-order chi connectivity index (χ0) is 14.7. The van der Waals surface area contributed by atoms with E-state index in [2.05, 4.69) is 35.1 Å². The summed E-state index contributed by atoms with van der Waals surface area (Å²) < 4.78 is 13.7. The molecule has 0 saturated carbocycles. The molecule has 0 spiro atoms. The lowest BCUT2D eigenvalue weighted by molar-refractivity contribution is 0.102. The molecule has 0 aliphatic carbocycles. The van der Waals surface area contributed by atoms with Crippen LogP contribution in [0.3, 0.4) is 0 Å². The molecule has 0 aromatic heterocycles. The van der Waals surface area contributed by atoms with Gasteiger partial charge in [-0.05, 0) is 57.7 Å². The van der Waals surface area contributed by atoms with Crippen molar-refractivity contribution in [3.8, 4) is 0 Å². The van der Waals surface area contributed by atoms with E-state index in [9.17, 15) is 9.18 Å². The molecule has 2 rings (SSSR count). The number of halogens is 2. The molecule has 4 heteroatoms. The summed E-state index contributed by atoms with van der Waals surface area (Å²) >= 11 is 3.06. The minimum Gasteiger partial charge on any atom is -0.322 e. The summed E-state index contributed by atoms with van der Waals surface area (Å²) in [5.74, 6) is -0.332. The fourth-order valence-electron chi connectivity index (χ4n) is 1.79. The summed E-state index contributed by atoms with van der Waals surface area (Å²) in [4.78, 5) is 12.0. The molecular weight excluding hydrogens is 321 g/mol. The molecule has 0 unspecified atom stereocenters. The van der Waals surface area contributed by atoms with Gasteiger partial charge < -0.3 is 5.32 Å². The third-order valence-corrected chi connectivity index (χ3v) is 3.66. The van der Waals surface area contributed by atoms with Gasteiger partial charge in [-0.1, -0.05) is 26.0 Å². The predicted octanol–water partition coefficient (Wildman–Crippen LogP) is 4.96. The molecule has 0 heterocycles. The quantitative estimate of drug-likeness (QED) is 0.843. The van der Waals surface area contributed by atoms with E-state index in [0.717, 1.165) is 0 Å². The largest absolute Gasteiger partial charge is 0.322 e. The second-order valence-corrected chi connectivity index (χ2v) is 5.71. The van der Waals surface area contributed by atoms with Crippen LogP contribution in [0.5, 0.6) is 0 Å². The van der Waals surface area contributed by atoms with Gasteiger partial charge in [0.2, 0.25) is 0 Å². The first-order valence-corrected chi connectivity index (χ1v) is 7.13. The van der Waals surface area contributed by atoms with Gasteiger partial charge in [0.1, 0.15) is 5.82 Å². The first-order chi connectivity index (χ1) is 9.47. The Kier molecular flexibility index (Phi) is 4.55. The predicted molar refractivity (Wildman–Crippen MR) is 82.6 cm³/mol. The second kappa shape index (κ2) is 6.18. The van der Waals surface area contributed by atoms with Crippen molar-refractivity contribution in [1.82, 2.24) is 0 Å². The van der Waals surface area contributed by atoms with Crippen LogP contribution < -0.4 is 5.32 Å². The lowest BCUT2D eigenvalue weighted by Gasteiger charge is -2.08. The van der Waals surface area contributed by atoms with Crippen LogP contribution in [0.25, 0.3) is 0 Å². The van der Waals surface area contributed by atoms with Crippen molar-refractivity contribution in [3.63, 3.8) is 0 Å². The summed E-state index contributed by atoms with van der Waals surface area (Å²) in [5, 5.41) is 2.75. The van der Waals surface area contributed by atoms with Crippen LogP contribution in [0.15, 0.2) is 46.9 Å². The Morgan fingerprint density at radius 2 is 1.80 bits per heavy atom. The van der Waals surface area contributed by atoms with Crippen LogP contribution in [-0.2, 0) is 0 Å². The van der Waals surface area contributed by atoms with Gasteiger partial charge in [0, 0.05) is 11.3 Å². The highest BCUT2D eigenvalue weighted by Gasteiger charge is 2.09. The first kappa shape index (κ1) is 14.7. The number of benzene rings is 2. The summed E-state index contributed by atoms with van der Waals surface area (Å²) in [7, 11) is 0. The lowest BCUT2D eigenvalue weighted by atomic mass is 10.0. The van der Waals surface area contributed by atoms with Crippen LogP contribution in [0, 0.1) is 5.82 Å². The van der Waals surface area contributed by atoms with Crippen molar-refractivity contribution in [2.75, 3.05) is 5.32 Å². The number of hydrogen-bond donors (Lipinski definition) is 1. The van der Waals surface area contributed by atoms with Crippen molar-refractivity contribution in [3.05, 3.63) is 63.9 Å². The Labute approximate surface area is 126 Å². The number of rotatable bonds is 3. The Morgan fingerprint density at radius 1 is 1.15 bits per heavy atom. The maximum absolute atomic E-state index is 13.4. The highest BCUT2D eigenvalue weighted by molar-refractivity contribution is 9.10. The van der Waals surface area contributed by atoms with Gasteiger partial charge in [-0.15, -0.1) is 0 Å². The number of anilines is 1. The number of nitrogens with one attached hydrogen (secondary N) is 1. The van der Waals surface area contributed by atoms with Gasteiger partial charge in [-0.3, -0.25) is 4.79 Å². The van der Waals surface area contributed by atoms with Gasteiger partial charge in [-0.25, -0.2) is 4.39 Å². The minimum absolute atomic E-state index is 0.290. The smallest absolute Gasteiger partial charge is 0.255 e. The first-order valence-electron chi connectivity index (χ1n) is 6.33. The molecule has 0 fully saturated rings. The van der Waals surface area contributed by atoms with Gasteiger partial charge in [0.05, 0.1) is 4.47 Å². The molecule has 0 aliphatic heterocycles. The average molecular weight is 336 g/mol. The SMILES string of the molecule is CC(C)c1ccc(NC(=O)c2ccc(Br)c(F)c2)cc1. The third kappa shape index (κ3) is 3.45. The van der Waals surface area contributed by atoms with Crippen molar-refractivity contribution < 1.29 is 9.18 Å². The highest BCUT2D eigenvalue weighted by Crippen LogP contribution is 2.19. The van der Waals surface area contributed by atoms with Crippen molar-refractivity contribution in [1.29, 1.82) is 0 Å². The Bertz CT molecular complexity index is 623. The van der Waals surface area contributed by atoms with E-state index in [1.54, 1.807) is 6.07 Å². The van der Waals surface area contributed by atoms with E-state index in [1.165, 1.54) is 17.7 Å². The fourth-order valence-corrected chi connectivity index (χ4v) is 2.04. The zero-order valence-corrected chi connectivity index (χ0v) is 12.9. The van der Waals surface area contributed by atoms with Crippen molar-refractivity contribution in [2.24, 2.45) is 0 Å². The second-order valence-electron chi connectivity index (χ2n) is 4.86. The third-order valence-electron chi connectivity index (χ3n) is 3.02. The summed E-state index contributed by atoms with van der Waals surface area (Å²) in [5.41, 5.74) is 2.19. The van der Waals surface area contributed by atoms with E-state index >= 15 is 0 Å². The van der Waals surface area contributed by atoms with E-state index in [1.807, 2.05) is 24.3 Å². The van der Waals surface area contributed by atoms with E-state index in [4.69, 9.17) is 0 Å². The molecule has 104 valence electrons. The van der Waals surface area contributed by atoms with Gasteiger partial charge in [0.15, 0.2) is 0 Å². The molecule has 0 saturated heterocycles. The van der Waals surface area contributed by atoms with E-state index < -0.39 is 5.82 Å². The fraction of sp³-hybridized carbons (Fsp3) is 0.188. The topological polar surface area (TPSA) is 29.1 Å². The lowest BCUT2D eigenvalue weighted by Crippen LogP contribution is -2.12. The van der Waals surface area contributed by atoms with Gasteiger partial charge in [0.25, 0.3) is 5.91 Å². The van der Waals surface area contributed by atoms with Gasteiger partial charge >= 0.3 is 0 Å². The zero-order valence-electron chi connectivity index (χ0n) is 11.3. The summed E-state index contributed by atoms with van der Waals surface area (Å²) in [6.07, 6.45) is 0. The van der Waals surface area contributed by atoms with Crippen LogP contribution in [0.4, 0.5) is 10.1 Å². The van der Waals surface area contributed by atoms with Crippen LogP contribution in [0.2, 0.25) is 0 Å². The summed E-state index contributed by atoms with van der Waals surface area (Å²) in [6, 6.07) is 12.0. The number of amides is 1. The van der Waals surface area contributed by atoms with Gasteiger partial charge in [-0.2, -0.15) is 0 Å². The van der Waals surface area contributed by atoms with E-state index in [-0.39, 0.29) is 5.91 Å². The normalized spacial score (nSPS) is 10.7. The molecular formula is C16H15BrFNO. The number of carbonyl (C=O) groups excluding carboxylic acids is 1. The molecule has 0 radical (unpaired) electrons. The molecule has 0 aliphatic rings. The maximum Gasteiger partial charge on any atom is 0.255 e. The Balaban J connectivity index is 2.12.